The van der Waals surface area contributed by atoms with Crippen molar-refractivity contribution in [2.75, 3.05) is 19.6 Å². The lowest BCUT2D eigenvalue weighted by atomic mass is 9.93. The van der Waals surface area contributed by atoms with Crippen LogP contribution >= 0.6 is 0 Å². The summed E-state index contributed by atoms with van der Waals surface area (Å²) in [4.78, 5) is 1.59. The molecule has 0 bridgehead atoms. The lowest BCUT2D eigenvalue weighted by Crippen LogP contribution is -2.47. The lowest BCUT2D eigenvalue weighted by Gasteiger charge is -2.34. The molecular formula is C16H31F3N2. The van der Waals surface area contributed by atoms with Crippen LogP contribution in [0.15, 0.2) is 0 Å². The average Bonchev–Trinajstić information content (AvgIpc) is 2.59. The fourth-order valence-corrected chi connectivity index (χ4v) is 3.19. The maximum atomic E-state index is 12.7. The third-order valence-corrected chi connectivity index (χ3v) is 4.40. The van der Waals surface area contributed by atoms with E-state index >= 15 is 0 Å². The van der Waals surface area contributed by atoms with Gasteiger partial charge in [-0.1, -0.05) is 26.2 Å². The van der Waals surface area contributed by atoms with Gasteiger partial charge in [0.05, 0.1) is 6.54 Å². The predicted octanol–water partition coefficient (Wildman–Crippen LogP) is 4.21. The van der Waals surface area contributed by atoms with Crippen LogP contribution in [0.2, 0.25) is 0 Å². The minimum atomic E-state index is -4.11. The van der Waals surface area contributed by atoms with E-state index in [0.29, 0.717) is 18.5 Å². The zero-order valence-corrected chi connectivity index (χ0v) is 13.7. The Morgan fingerprint density at radius 3 is 2.38 bits per heavy atom. The lowest BCUT2D eigenvalue weighted by molar-refractivity contribution is -0.151. The van der Waals surface area contributed by atoms with Crippen LogP contribution in [-0.2, 0) is 0 Å². The van der Waals surface area contributed by atoms with Crippen LogP contribution < -0.4 is 5.32 Å². The monoisotopic (exact) mass is 308 g/mol. The van der Waals surface area contributed by atoms with Crippen molar-refractivity contribution in [3.05, 3.63) is 0 Å². The van der Waals surface area contributed by atoms with Crippen molar-refractivity contribution in [2.45, 2.75) is 77.6 Å². The van der Waals surface area contributed by atoms with E-state index in [2.05, 4.69) is 12.2 Å². The van der Waals surface area contributed by atoms with Crippen LogP contribution in [0, 0.1) is 5.92 Å². The van der Waals surface area contributed by atoms with Crippen LogP contribution in [-0.4, -0.2) is 42.8 Å². The number of alkyl halides is 3. The molecule has 0 aromatic carbocycles. The summed E-state index contributed by atoms with van der Waals surface area (Å²) in [5.74, 6) is 0.337. The largest absolute Gasteiger partial charge is 0.401 e. The average molecular weight is 308 g/mol. The summed E-state index contributed by atoms with van der Waals surface area (Å²) in [6, 6.07) is 0.309. The normalized spacial score (nSPS) is 24.6. The van der Waals surface area contributed by atoms with Gasteiger partial charge in [0.1, 0.15) is 0 Å². The molecule has 1 fully saturated rings. The Bertz CT molecular complexity index is 279. The van der Waals surface area contributed by atoms with E-state index in [-0.39, 0.29) is 6.04 Å². The summed E-state index contributed by atoms with van der Waals surface area (Å²) in [5.41, 5.74) is 0. The summed E-state index contributed by atoms with van der Waals surface area (Å²) in [6.07, 6.45) is 2.65. The van der Waals surface area contributed by atoms with E-state index in [1.807, 2.05) is 13.8 Å². The third kappa shape index (κ3) is 7.50. The van der Waals surface area contributed by atoms with Gasteiger partial charge in [0.15, 0.2) is 0 Å². The van der Waals surface area contributed by atoms with E-state index in [0.717, 1.165) is 32.2 Å². The molecule has 0 aromatic rings. The summed E-state index contributed by atoms with van der Waals surface area (Å²) >= 11 is 0. The first-order chi connectivity index (χ1) is 9.83. The zero-order valence-electron chi connectivity index (χ0n) is 13.7. The molecule has 0 radical (unpaired) electrons. The van der Waals surface area contributed by atoms with E-state index in [9.17, 15) is 13.2 Å². The van der Waals surface area contributed by atoms with Crippen molar-refractivity contribution in [2.24, 2.45) is 5.92 Å². The molecule has 0 aliphatic heterocycles. The Balaban J connectivity index is 2.67. The molecule has 5 heteroatoms. The molecule has 0 saturated heterocycles. The van der Waals surface area contributed by atoms with Gasteiger partial charge < -0.3 is 5.32 Å². The van der Waals surface area contributed by atoms with Crippen molar-refractivity contribution in [1.29, 1.82) is 0 Å². The fraction of sp³-hybridized carbons (Fsp3) is 1.00. The van der Waals surface area contributed by atoms with E-state index in [4.69, 9.17) is 0 Å². The molecule has 2 unspecified atom stereocenters. The van der Waals surface area contributed by atoms with Crippen molar-refractivity contribution >= 4 is 0 Å². The second-order valence-electron chi connectivity index (χ2n) is 6.60. The highest BCUT2D eigenvalue weighted by molar-refractivity contribution is 4.83. The number of halogens is 3. The fourth-order valence-electron chi connectivity index (χ4n) is 3.19. The van der Waals surface area contributed by atoms with E-state index in [1.54, 1.807) is 4.90 Å². The molecule has 0 spiro atoms. The van der Waals surface area contributed by atoms with Crippen molar-refractivity contribution < 1.29 is 13.2 Å². The molecule has 21 heavy (non-hydrogen) atoms. The highest BCUT2D eigenvalue weighted by Crippen LogP contribution is 2.27. The smallest absolute Gasteiger partial charge is 0.314 e. The highest BCUT2D eigenvalue weighted by atomic mass is 19.4. The highest BCUT2D eigenvalue weighted by Gasteiger charge is 2.34. The van der Waals surface area contributed by atoms with E-state index in [1.165, 1.54) is 12.8 Å². The minimum absolute atomic E-state index is 0.0679. The quantitative estimate of drug-likeness (QED) is 0.709. The molecule has 126 valence electrons. The Morgan fingerprint density at radius 2 is 1.81 bits per heavy atom. The molecule has 0 heterocycles. The van der Waals surface area contributed by atoms with Gasteiger partial charge in [0.2, 0.25) is 0 Å². The van der Waals surface area contributed by atoms with Gasteiger partial charge in [-0.3, -0.25) is 4.90 Å². The standard InChI is InChI=1S/C16H31F3N2/c1-4-10-20-15-9-7-5-6-8-14(15)11-21(13(2)3)12-16(17,18)19/h13-15,20H,4-12H2,1-3H3. The Hall–Kier alpha value is -0.290. The van der Waals surface area contributed by atoms with E-state index < -0.39 is 12.7 Å². The number of rotatable bonds is 7. The molecule has 1 saturated carbocycles. The number of hydrogen-bond donors (Lipinski definition) is 1. The number of nitrogens with one attached hydrogen (secondary N) is 1. The maximum absolute atomic E-state index is 12.7. The topological polar surface area (TPSA) is 15.3 Å². The first-order valence-corrected chi connectivity index (χ1v) is 8.37. The number of hydrogen-bond acceptors (Lipinski definition) is 2. The predicted molar refractivity (Wildman–Crippen MR) is 81.4 cm³/mol. The molecule has 1 N–H and O–H groups in total. The maximum Gasteiger partial charge on any atom is 0.401 e. The zero-order chi connectivity index (χ0) is 15.9. The van der Waals surface area contributed by atoms with Gasteiger partial charge in [-0.05, 0) is 45.6 Å². The Labute approximate surface area is 127 Å². The van der Waals surface area contributed by atoms with Crippen molar-refractivity contribution in [1.82, 2.24) is 10.2 Å². The summed E-state index contributed by atoms with van der Waals surface area (Å²) in [6.45, 7) is 6.57. The molecule has 2 atom stereocenters. The molecule has 0 aromatic heterocycles. The number of nitrogens with zero attached hydrogens (tertiary/aromatic N) is 1. The van der Waals surface area contributed by atoms with Crippen LogP contribution in [0.5, 0.6) is 0 Å². The third-order valence-electron chi connectivity index (χ3n) is 4.40. The summed E-state index contributed by atoms with van der Waals surface area (Å²) < 4.78 is 38.2. The van der Waals surface area contributed by atoms with Crippen LogP contribution in [0.3, 0.4) is 0 Å². The van der Waals surface area contributed by atoms with Gasteiger partial charge in [0.25, 0.3) is 0 Å². The van der Waals surface area contributed by atoms with Gasteiger partial charge in [-0.15, -0.1) is 0 Å². The van der Waals surface area contributed by atoms with Gasteiger partial charge in [0, 0.05) is 18.6 Å². The van der Waals surface area contributed by atoms with Gasteiger partial charge in [-0.25, -0.2) is 0 Å². The van der Waals surface area contributed by atoms with Crippen LogP contribution in [0.4, 0.5) is 13.2 Å². The molecule has 1 aliphatic rings. The van der Waals surface area contributed by atoms with Gasteiger partial charge >= 0.3 is 6.18 Å². The summed E-state index contributed by atoms with van der Waals surface area (Å²) in [5, 5.41) is 3.56. The first kappa shape index (κ1) is 18.8. The minimum Gasteiger partial charge on any atom is -0.314 e. The molecular weight excluding hydrogens is 277 g/mol. The summed E-state index contributed by atoms with van der Waals surface area (Å²) in [7, 11) is 0. The Kier molecular flexibility index (Phi) is 8.03. The van der Waals surface area contributed by atoms with Crippen molar-refractivity contribution in [3.8, 4) is 0 Å². The van der Waals surface area contributed by atoms with Crippen molar-refractivity contribution in [3.63, 3.8) is 0 Å². The molecule has 0 amide bonds. The molecule has 1 rings (SSSR count). The van der Waals surface area contributed by atoms with Gasteiger partial charge in [-0.2, -0.15) is 13.2 Å². The second kappa shape index (κ2) is 8.99. The SMILES string of the molecule is CCCNC1CCCCCC1CN(CC(F)(F)F)C(C)C. The van der Waals surface area contributed by atoms with Crippen LogP contribution in [0.25, 0.3) is 0 Å². The molecule has 2 nitrogen and oxygen atoms in total. The molecule has 1 aliphatic carbocycles. The van der Waals surface area contributed by atoms with Crippen LogP contribution in [0.1, 0.15) is 59.3 Å². The second-order valence-corrected chi connectivity index (χ2v) is 6.60. The first-order valence-electron chi connectivity index (χ1n) is 8.37. The Morgan fingerprint density at radius 1 is 1.14 bits per heavy atom.